The molecule has 0 radical (unpaired) electrons. The molecule has 3 amide bonds. The lowest BCUT2D eigenvalue weighted by Crippen LogP contribution is -2.42. The van der Waals surface area contributed by atoms with Gasteiger partial charge in [-0.25, -0.2) is 0 Å². The highest BCUT2D eigenvalue weighted by atomic mass is 16.5. The minimum absolute atomic E-state index is 0.156. The summed E-state index contributed by atoms with van der Waals surface area (Å²) in [7, 11) is 1.66. The van der Waals surface area contributed by atoms with Gasteiger partial charge in [0.15, 0.2) is 6.10 Å². The minimum Gasteiger partial charge on any atom is -0.479 e. The fourth-order valence-electron chi connectivity index (χ4n) is 2.65. The molecule has 0 saturated heterocycles. The van der Waals surface area contributed by atoms with Gasteiger partial charge in [0.05, 0.1) is 12.2 Å². The number of hydrogen-bond acceptors (Lipinski definition) is 4. The van der Waals surface area contributed by atoms with E-state index in [0.29, 0.717) is 22.7 Å². The SMILES string of the molecule is CC1Oc2ccc(NC(=O)CNC(=O)c3ccccc3)cc2N(C)C1=O. The lowest BCUT2D eigenvalue weighted by atomic mass is 10.2. The molecule has 0 aromatic heterocycles. The maximum atomic E-state index is 12.1. The second kappa shape index (κ2) is 7.26. The summed E-state index contributed by atoms with van der Waals surface area (Å²) in [5.41, 5.74) is 1.58. The van der Waals surface area contributed by atoms with Crippen LogP contribution in [0.25, 0.3) is 0 Å². The van der Waals surface area contributed by atoms with Crippen LogP contribution in [-0.4, -0.2) is 37.4 Å². The molecule has 7 nitrogen and oxygen atoms in total. The van der Waals surface area contributed by atoms with Crippen LogP contribution >= 0.6 is 0 Å². The Hall–Kier alpha value is -3.35. The summed E-state index contributed by atoms with van der Waals surface area (Å²) in [6, 6.07) is 13.7. The third-order valence-corrected chi connectivity index (χ3v) is 4.03. The first kappa shape index (κ1) is 17.5. The highest BCUT2D eigenvalue weighted by molar-refractivity contribution is 6.02. The molecule has 1 aliphatic rings. The molecule has 1 unspecified atom stereocenters. The first-order chi connectivity index (χ1) is 12.5. The van der Waals surface area contributed by atoms with Crippen molar-refractivity contribution in [2.75, 3.05) is 23.8 Å². The zero-order valence-electron chi connectivity index (χ0n) is 14.5. The molecule has 7 heteroatoms. The zero-order valence-corrected chi connectivity index (χ0v) is 14.5. The summed E-state index contributed by atoms with van der Waals surface area (Å²) in [4.78, 5) is 37.5. The molecule has 2 N–H and O–H groups in total. The van der Waals surface area contributed by atoms with Crippen LogP contribution in [0.2, 0.25) is 0 Å². The van der Waals surface area contributed by atoms with Crippen LogP contribution in [0.15, 0.2) is 48.5 Å². The quantitative estimate of drug-likeness (QED) is 0.877. The van der Waals surface area contributed by atoms with Crippen molar-refractivity contribution in [1.82, 2.24) is 5.32 Å². The Morgan fingerprint density at radius 1 is 1.15 bits per heavy atom. The average molecular weight is 353 g/mol. The summed E-state index contributed by atoms with van der Waals surface area (Å²) in [6.07, 6.45) is -0.541. The molecule has 0 spiro atoms. The molecule has 26 heavy (non-hydrogen) atoms. The van der Waals surface area contributed by atoms with Crippen molar-refractivity contribution < 1.29 is 19.1 Å². The van der Waals surface area contributed by atoms with Crippen LogP contribution in [0.1, 0.15) is 17.3 Å². The molecule has 0 saturated carbocycles. The average Bonchev–Trinajstić information content (AvgIpc) is 2.65. The van der Waals surface area contributed by atoms with Gasteiger partial charge in [-0.3, -0.25) is 14.4 Å². The number of rotatable bonds is 4. The Bertz CT molecular complexity index is 851. The number of carbonyl (C=O) groups excluding carboxylic acids is 3. The highest BCUT2D eigenvalue weighted by Gasteiger charge is 2.29. The molecule has 2 aromatic carbocycles. The number of hydrogen-bond donors (Lipinski definition) is 2. The summed E-state index contributed by atoms with van der Waals surface area (Å²) in [5, 5.41) is 5.26. The number of fused-ring (bicyclic) bond motifs is 1. The maximum Gasteiger partial charge on any atom is 0.267 e. The number of benzene rings is 2. The minimum atomic E-state index is -0.541. The Morgan fingerprint density at radius 2 is 1.88 bits per heavy atom. The summed E-state index contributed by atoms with van der Waals surface area (Å²) in [6.45, 7) is 1.53. The third kappa shape index (κ3) is 3.66. The molecule has 2 aromatic rings. The largest absolute Gasteiger partial charge is 0.479 e. The van der Waals surface area contributed by atoms with Gasteiger partial charge in [-0.05, 0) is 37.3 Å². The first-order valence-corrected chi connectivity index (χ1v) is 8.17. The number of likely N-dealkylation sites (N-methyl/N-ethyl adjacent to an activating group) is 1. The van der Waals surface area contributed by atoms with E-state index in [2.05, 4.69) is 10.6 Å². The van der Waals surface area contributed by atoms with E-state index < -0.39 is 6.10 Å². The normalized spacial score (nSPS) is 15.7. The number of anilines is 2. The van der Waals surface area contributed by atoms with Gasteiger partial charge in [0.25, 0.3) is 11.8 Å². The molecule has 0 aliphatic carbocycles. The van der Waals surface area contributed by atoms with Gasteiger partial charge in [-0.15, -0.1) is 0 Å². The monoisotopic (exact) mass is 353 g/mol. The van der Waals surface area contributed by atoms with Crippen LogP contribution in [0.3, 0.4) is 0 Å². The van der Waals surface area contributed by atoms with Crippen molar-refractivity contribution in [2.45, 2.75) is 13.0 Å². The first-order valence-electron chi connectivity index (χ1n) is 8.17. The van der Waals surface area contributed by atoms with E-state index in [0.717, 1.165) is 0 Å². The lowest BCUT2D eigenvalue weighted by molar-refractivity contribution is -0.125. The molecule has 1 atom stereocenters. The number of carbonyl (C=O) groups is 3. The Labute approximate surface area is 150 Å². The van der Waals surface area contributed by atoms with Gasteiger partial charge in [-0.1, -0.05) is 18.2 Å². The lowest BCUT2D eigenvalue weighted by Gasteiger charge is -2.30. The van der Waals surface area contributed by atoms with Crippen LogP contribution in [0, 0.1) is 0 Å². The van der Waals surface area contributed by atoms with Crippen molar-refractivity contribution >= 4 is 29.1 Å². The third-order valence-electron chi connectivity index (χ3n) is 4.03. The van der Waals surface area contributed by atoms with Gasteiger partial charge >= 0.3 is 0 Å². The molecule has 0 bridgehead atoms. The molecule has 1 heterocycles. The Morgan fingerprint density at radius 3 is 2.62 bits per heavy atom. The van der Waals surface area contributed by atoms with E-state index in [1.54, 1.807) is 56.4 Å². The van der Waals surface area contributed by atoms with Crippen LogP contribution < -0.4 is 20.3 Å². The van der Waals surface area contributed by atoms with Crippen molar-refractivity contribution in [2.24, 2.45) is 0 Å². The Balaban J connectivity index is 1.62. The predicted octanol–water partition coefficient (Wildman–Crippen LogP) is 1.80. The molecule has 134 valence electrons. The van der Waals surface area contributed by atoms with Crippen molar-refractivity contribution in [3.05, 3.63) is 54.1 Å². The topological polar surface area (TPSA) is 87.7 Å². The van der Waals surface area contributed by atoms with Crippen LogP contribution in [0.4, 0.5) is 11.4 Å². The van der Waals surface area contributed by atoms with Crippen molar-refractivity contribution in [1.29, 1.82) is 0 Å². The van der Waals surface area contributed by atoms with E-state index in [4.69, 9.17) is 4.74 Å². The van der Waals surface area contributed by atoms with Gasteiger partial charge < -0.3 is 20.3 Å². The van der Waals surface area contributed by atoms with Gasteiger partial charge in [0.1, 0.15) is 5.75 Å². The fourth-order valence-corrected chi connectivity index (χ4v) is 2.65. The molecular formula is C19H19N3O4. The van der Waals surface area contributed by atoms with Crippen molar-refractivity contribution in [3.8, 4) is 5.75 Å². The van der Waals surface area contributed by atoms with E-state index in [9.17, 15) is 14.4 Å². The summed E-state index contributed by atoms with van der Waals surface area (Å²) >= 11 is 0. The number of nitrogens with one attached hydrogen (secondary N) is 2. The van der Waals surface area contributed by atoms with Crippen molar-refractivity contribution in [3.63, 3.8) is 0 Å². The van der Waals surface area contributed by atoms with Crippen LogP contribution in [-0.2, 0) is 9.59 Å². The second-order valence-corrected chi connectivity index (χ2v) is 5.94. The number of amides is 3. The predicted molar refractivity (Wildman–Crippen MR) is 97.3 cm³/mol. The van der Waals surface area contributed by atoms with E-state index in [1.807, 2.05) is 6.07 Å². The van der Waals surface area contributed by atoms with Gasteiger partial charge in [0, 0.05) is 18.3 Å². The van der Waals surface area contributed by atoms with Gasteiger partial charge in [-0.2, -0.15) is 0 Å². The van der Waals surface area contributed by atoms with E-state index in [-0.39, 0.29) is 24.3 Å². The summed E-state index contributed by atoms with van der Waals surface area (Å²) in [5.74, 6) is -0.265. The number of ether oxygens (including phenoxy) is 1. The Kier molecular flexibility index (Phi) is 4.88. The molecular weight excluding hydrogens is 334 g/mol. The standard InChI is InChI=1S/C19H19N3O4/c1-12-19(25)22(2)15-10-14(8-9-16(15)26-12)21-17(23)11-20-18(24)13-6-4-3-5-7-13/h3-10,12H,11H2,1-2H3,(H,20,24)(H,21,23). The summed E-state index contributed by atoms with van der Waals surface area (Å²) < 4.78 is 5.54. The smallest absolute Gasteiger partial charge is 0.267 e. The van der Waals surface area contributed by atoms with Gasteiger partial charge in [0.2, 0.25) is 5.91 Å². The van der Waals surface area contributed by atoms with E-state index in [1.165, 1.54) is 4.90 Å². The zero-order chi connectivity index (χ0) is 18.7. The molecule has 3 rings (SSSR count). The number of nitrogens with zero attached hydrogens (tertiary/aromatic N) is 1. The maximum absolute atomic E-state index is 12.1. The van der Waals surface area contributed by atoms with Crippen LogP contribution in [0.5, 0.6) is 5.75 Å². The molecule has 1 aliphatic heterocycles. The fraction of sp³-hybridized carbons (Fsp3) is 0.211. The second-order valence-electron chi connectivity index (χ2n) is 5.94. The molecule has 0 fully saturated rings. The highest BCUT2D eigenvalue weighted by Crippen LogP contribution is 2.35. The van der Waals surface area contributed by atoms with E-state index >= 15 is 0 Å².